The summed E-state index contributed by atoms with van der Waals surface area (Å²) in [6.45, 7) is 1.80. The summed E-state index contributed by atoms with van der Waals surface area (Å²) in [5.74, 6) is -1.91. The van der Waals surface area contributed by atoms with Crippen molar-refractivity contribution in [1.29, 1.82) is 0 Å². The molecule has 0 unspecified atom stereocenters. The maximum Gasteiger partial charge on any atom is 0.305 e. The summed E-state index contributed by atoms with van der Waals surface area (Å²) in [4.78, 5) is 24.5. The van der Waals surface area contributed by atoms with Crippen LogP contribution in [0.25, 0.3) is 0 Å². The predicted octanol–water partition coefficient (Wildman–Crippen LogP) is 3.40. The number of benzene rings is 1. The first-order chi connectivity index (χ1) is 11.0. The van der Waals surface area contributed by atoms with Crippen LogP contribution in [0.4, 0.5) is 4.39 Å². The minimum absolute atomic E-state index is 0.214. The highest BCUT2D eigenvalue weighted by molar-refractivity contribution is 7.09. The number of carbonyl (C=O) groups excluding carboxylic acids is 1. The van der Waals surface area contributed by atoms with Gasteiger partial charge in [0.2, 0.25) is 5.91 Å². The second-order valence-electron chi connectivity index (χ2n) is 5.40. The molecule has 0 spiro atoms. The lowest BCUT2D eigenvalue weighted by atomic mass is 10.0. The zero-order chi connectivity index (χ0) is 16.8. The predicted molar refractivity (Wildman–Crippen MR) is 86.7 cm³/mol. The van der Waals surface area contributed by atoms with Gasteiger partial charge in [-0.05, 0) is 35.6 Å². The van der Waals surface area contributed by atoms with Gasteiger partial charge in [0.15, 0.2) is 0 Å². The van der Waals surface area contributed by atoms with Crippen LogP contribution in [0, 0.1) is 11.7 Å². The van der Waals surface area contributed by atoms with Crippen LogP contribution in [0.2, 0.25) is 0 Å². The Labute approximate surface area is 138 Å². The Bertz CT molecular complexity index is 655. The summed E-state index contributed by atoms with van der Waals surface area (Å²) >= 11 is 1.58. The van der Waals surface area contributed by atoms with Gasteiger partial charge in [0.25, 0.3) is 0 Å². The molecule has 1 amide bonds. The molecule has 2 aromatic rings. The van der Waals surface area contributed by atoms with E-state index in [1.54, 1.807) is 18.3 Å². The Morgan fingerprint density at radius 1 is 1.26 bits per heavy atom. The van der Waals surface area contributed by atoms with Gasteiger partial charge in [0.05, 0.1) is 12.5 Å². The molecule has 2 N–H and O–H groups in total. The van der Waals surface area contributed by atoms with Gasteiger partial charge in [-0.15, -0.1) is 11.3 Å². The van der Waals surface area contributed by atoms with Crippen LogP contribution in [0.3, 0.4) is 0 Å². The number of halogens is 1. The Hall–Kier alpha value is -2.21. The Kier molecular flexibility index (Phi) is 5.87. The largest absolute Gasteiger partial charge is 0.481 e. The molecule has 6 heteroatoms. The van der Waals surface area contributed by atoms with E-state index >= 15 is 0 Å². The van der Waals surface area contributed by atoms with Gasteiger partial charge in [0, 0.05) is 10.8 Å². The quantitative estimate of drug-likeness (QED) is 0.815. The van der Waals surface area contributed by atoms with E-state index in [1.807, 2.05) is 17.5 Å². The molecule has 0 saturated carbocycles. The van der Waals surface area contributed by atoms with Gasteiger partial charge in [-0.2, -0.15) is 0 Å². The maximum atomic E-state index is 13.0. The summed E-state index contributed by atoms with van der Waals surface area (Å²) in [7, 11) is 0. The highest BCUT2D eigenvalue weighted by Crippen LogP contribution is 2.20. The van der Waals surface area contributed by atoms with Crippen molar-refractivity contribution in [1.82, 2.24) is 5.32 Å². The Balaban J connectivity index is 2.05. The molecule has 0 aliphatic rings. The molecule has 2 rings (SSSR count). The van der Waals surface area contributed by atoms with Crippen molar-refractivity contribution in [3.63, 3.8) is 0 Å². The second kappa shape index (κ2) is 7.87. The highest BCUT2D eigenvalue weighted by atomic mass is 32.1. The number of carbonyl (C=O) groups is 2. The van der Waals surface area contributed by atoms with Gasteiger partial charge >= 0.3 is 5.97 Å². The maximum absolute atomic E-state index is 13.0. The first-order valence-electron chi connectivity index (χ1n) is 7.25. The SMILES string of the molecule is C[C@H](Cc1cccs1)C(=O)N[C@H](CC(=O)O)c1ccc(F)cc1. The summed E-state index contributed by atoms with van der Waals surface area (Å²) in [6, 6.07) is 8.71. The molecule has 0 aliphatic heterocycles. The number of amides is 1. The number of hydrogen-bond donors (Lipinski definition) is 2. The van der Waals surface area contributed by atoms with Crippen molar-refractivity contribution in [2.75, 3.05) is 0 Å². The topological polar surface area (TPSA) is 66.4 Å². The molecule has 23 heavy (non-hydrogen) atoms. The highest BCUT2D eigenvalue weighted by Gasteiger charge is 2.21. The minimum atomic E-state index is -1.02. The van der Waals surface area contributed by atoms with E-state index in [1.165, 1.54) is 24.3 Å². The van der Waals surface area contributed by atoms with E-state index in [2.05, 4.69) is 5.32 Å². The number of hydrogen-bond acceptors (Lipinski definition) is 3. The molecule has 122 valence electrons. The molecule has 0 bridgehead atoms. The third-order valence-electron chi connectivity index (χ3n) is 3.50. The lowest BCUT2D eigenvalue weighted by Crippen LogP contribution is -2.34. The third kappa shape index (κ3) is 5.17. The monoisotopic (exact) mass is 335 g/mol. The van der Waals surface area contributed by atoms with Crippen LogP contribution in [0.5, 0.6) is 0 Å². The van der Waals surface area contributed by atoms with Crippen LogP contribution in [-0.2, 0) is 16.0 Å². The lowest BCUT2D eigenvalue weighted by Gasteiger charge is -2.20. The molecule has 0 aliphatic carbocycles. The van der Waals surface area contributed by atoms with Crippen molar-refractivity contribution in [3.8, 4) is 0 Å². The number of carboxylic acid groups (broad SMARTS) is 1. The summed E-state index contributed by atoms with van der Waals surface area (Å²) in [5, 5.41) is 13.7. The van der Waals surface area contributed by atoms with E-state index < -0.39 is 17.8 Å². The van der Waals surface area contributed by atoms with E-state index in [4.69, 9.17) is 5.11 Å². The van der Waals surface area contributed by atoms with Gasteiger partial charge in [-0.25, -0.2) is 4.39 Å². The average Bonchev–Trinajstić information content (AvgIpc) is 2.99. The molecule has 0 fully saturated rings. The summed E-state index contributed by atoms with van der Waals surface area (Å²) in [6.07, 6.45) is 0.357. The number of aliphatic carboxylic acids is 1. The minimum Gasteiger partial charge on any atom is -0.481 e. The van der Waals surface area contributed by atoms with Crippen molar-refractivity contribution in [2.24, 2.45) is 5.92 Å². The van der Waals surface area contributed by atoms with E-state index in [0.717, 1.165) is 4.88 Å². The van der Waals surface area contributed by atoms with Gasteiger partial charge in [-0.3, -0.25) is 9.59 Å². The van der Waals surface area contributed by atoms with Crippen LogP contribution in [-0.4, -0.2) is 17.0 Å². The fourth-order valence-electron chi connectivity index (χ4n) is 2.26. The van der Waals surface area contributed by atoms with Gasteiger partial charge in [0.1, 0.15) is 5.82 Å². The Morgan fingerprint density at radius 3 is 2.52 bits per heavy atom. The van der Waals surface area contributed by atoms with E-state index in [0.29, 0.717) is 12.0 Å². The molecule has 1 aromatic carbocycles. The average molecular weight is 335 g/mol. The van der Waals surface area contributed by atoms with Crippen LogP contribution < -0.4 is 5.32 Å². The van der Waals surface area contributed by atoms with Crippen molar-refractivity contribution < 1.29 is 19.1 Å². The standard InChI is InChI=1S/C17H18FNO3S/c1-11(9-14-3-2-8-23-14)17(22)19-15(10-16(20)21)12-4-6-13(18)7-5-12/h2-8,11,15H,9-10H2,1H3,(H,19,22)(H,20,21)/t11-,15-/m1/s1. The molecular formula is C17H18FNO3S. The first kappa shape index (κ1) is 17.1. The number of thiophene rings is 1. The molecular weight excluding hydrogens is 317 g/mol. The van der Waals surface area contributed by atoms with E-state index in [9.17, 15) is 14.0 Å². The lowest BCUT2D eigenvalue weighted by molar-refractivity contribution is -0.137. The van der Waals surface area contributed by atoms with Crippen molar-refractivity contribution in [2.45, 2.75) is 25.8 Å². The van der Waals surface area contributed by atoms with Crippen LogP contribution in [0.1, 0.15) is 29.8 Å². The molecule has 1 aromatic heterocycles. The second-order valence-corrected chi connectivity index (χ2v) is 6.43. The van der Waals surface area contributed by atoms with Crippen LogP contribution >= 0.6 is 11.3 Å². The fraction of sp³-hybridized carbons (Fsp3) is 0.294. The number of nitrogens with one attached hydrogen (secondary N) is 1. The fourth-order valence-corrected chi connectivity index (χ4v) is 3.09. The molecule has 2 atom stereocenters. The summed E-state index contributed by atoms with van der Waals surface area (Å²) in [5.41, 5.74) is 0.575. The Morgan fingerprint density at radius 2 is 1.96 bits per heavy atom. The molecule has 1 heterocycles. The summed E-state index contributed by atoms with van der Waals surface area (Å²) < 4.78 is 13.0. The molecule has 4 nitrogen and oxygen atoms in total. The molecule has 0 saturated heterocycles. The first-order valence-corrected chi connectivity index (χ1v) is 8.13. The normalized spacial score (nSPS) is 13.3. The number of rotatable bonds is 7. The van der Waals surface area contributed by atoms with Gasteiger partial charge < -0.3 is 10.4 Å². The zero-order valence-electron chi connectivity index (χ0n) is 12.7. The number of carboxylic acids is 1. The smallest absolute Gasteiger partial charge is 0.305 e. The van der Waals surface area contributed by atoms with Gasteiger partial charge in [-0.1, -0.05) is 25.1 Å². The van der Waals surface area contributed by atoms with Crippen molar-refractivity contribution >= 4 is 23.2 Å². The zero-order valence-corrected chi connectivity index (χ0v) is 13.5. The molecule has 0 radical (unpaired) electrons. The van der Waals surface area contributed by atoms with E-state index in [-0.39, 0.29) is 18.2 Å². The third-order valence-corrected chi connectivity index (χ3v) is 4.40. The van der Waals surface area contributed by atoms with Crippen molar-refractivity contribution in [3.05, 3.63) is 58.0 Å². The van der Waals surface area contributed by atoms with Crippen LogP contribution in [0.15, 0.2) is 41.8 Å².